The first-order valence-corrected chi connectivity index (χ1v) is 10.9. The summed E-state index contributed by atoms with van der Waals surface area (Å²) in [4.78, 5) is 36.5. The summed E-state index contributed by atoms with van der Waals surface area (Å²) < 4.78 is 4.98. The van der Waals surface area contributed by atoms with Gasteiger partial charge in [0.2, 0.25) is 5.91 Å². The van der Waals surface area contributed by atoms with Crippen molar-refractivity contribution < 1.29 is 19.2 Å². The number of anilines is 1. The van der Waals surface area contributed by atoms with Gasteiger partial charge in [-0.3, -0.25) is 14.9 Å². The number of non-ortho nitro benzene ring substituents is 1. The molecule has 1 heterocycles. The number of carbonyl (C=O) groups is 2. The van der Waals surface area contributed by atoms with E-state index < -0.39 is 16.8 Å². The fraction of sp³-hybridized carbons (Fsp3) is 0.391. The van der Waals surface area contributed by atoms with Crippen LogP contribution >= 0.6 is 11.3 Å². The van der Waals surface area contributed by atoms with E-state index in [1.54, 1.807) is 12.1 Å². The Hall–Kier alpha value is -3.00. The number of nitrogens with zero attached hydrogens (tertiary/aromatic N) is 1. The highest BCUT2D eigenvalue weighted by Crippen LogP contribution is 2.44. The van der Waals surface area contributed by atoms with E-state index in [0.29, 0.717) is 22.0 Å². The van der Waals surface area contributed by atoms with E-state index in [2.05, 4.69) is 26.1 Å². The lowest BCUT2D eigenvalue weighted by Gasteiger charge is -2.33. The van der Waals surface area contributed by atoms with Gasteiger partial charge in [-0.2, -0.15) is 0 Å². The molecule has 1 amide bonds. The van der Waals surface area contributed by atoms with Gasteiger partial charge in [0.25, 0.3) is 5.69 Å². The number of hydrogen-bond acceptors (Lipinski definition) is 6. The number of amides is 1. The zero-order valence-electron chi connectivity index (χ0n) is 18.1. The van der Waals surface area contributed by atoms with Gasteiger partial charge in [0, 0.05) is 23.1 Å². The first-order chi connectivity index (χ1) is 14.6. The molecule has 1 atom stereocenters. The van der Waals surface area contributed by atoms with Gasteiger partial charge < -0.3 is 10.1 Å². The van der Waals surface area contributed by atoms with Gasteiger partial charge in [-0.05, 0) is 47.8 Å². The van der Waals surface area contributed by atoms with Gasteiger partial charge >= 0.3 is 5.97 Å². The Kier molecular flexibility index (Phi) is 6.59. The molecule has 31 heavy (non-hydrogen) atoms. The van der Waals surface area contributed by atoms with Crippen LogP contribution in [0.15, 0.2) is 30.3 Å². The number of thiophene rings is 1. The molecule has 8 heteroatoms. The average molecular weight is 443 g/mol. The van der Waals surface area contributed by atoms with Crippen molar-refractivity contribution in [2.75, 3.05) is 12.4 Å². The minimum Gasteiger partial charge on any atom is -0.465 e. The normalized spacial score (nSPS) is 16.1. The third kappa shape index (κ3) is 5.19. The number of esters is 1. The molecule has 0 unspecified atom stereocenters. The quantitative estimate of drug-likeness (QED) is 0.295. The molecule has 0 radical (unpaired) electrons. The third-order valence-corrected chi connectivity index (χ3v) is 6.79. The maximum absolute atomic E-state index is 12.5. The van der Waals surface area contributed by atoms with Gasteiger partial charge in [-0.1, -0.05) is 32.9 Å². The minimum atomic E-state index is -0.485. The molecule has 1 aromatic heterocycles. The molecule has 1 N–H and O–H groups in total. The Balaban J connectivity index is 1.83. The second kappa shape index (κ2) is 9.01. The van der Waals surface area contributed by atoms with E-state index in [4.69, 9.17) is 4.74 Å². The van der Waals surface area contributed by atoms with E-state index in [9.17, 15) is 19.7 Å². The molecule has 1 aliphatic rings. The number of methoxy groups -OCH3 is 1. The Morgan fingerprint density at radius 2 is 2.06 bits per heavy atom. The number of carbonyl (C=O) groups excluding carboxylic acids is 2. The van der Waals surface area contributed by atoms with Gasteiger partial charge in [0.05, 0.1) is 17.6 Å². The molecule has 0 spiro atoms. The summed E-state index contributed by atoms with van der Waals surface area (Å²) in [5.74, 6) is -0.367. The van der Waals surface area contributed by atoms with Crippen LogP contribution < -0.4 is 5.32 Å². The Bertz CT molecular complexity index is 1050. The van der Waals surface area contributed by atoms with Crippen LogP contribution in [-0.2, 0) is 22.4 Å². The van der Waals surface area contributed by atoms with Gasteiger partial charge in [0.15, 0.2) is 0 Å². The van der Waals surface area contributed by atoms with Crippen molar-refractivity contribution in [3.63, 3.8) is 0 Å². The largest absolute Gasteiger partial charge is 0.465 e. The molecule has 1 aromatic carbocycles. The average Bonchev–Trinajstić information content (AvgIpc) is 3.08. The molecular weight excluding hydrogens is 416 g/mol. The number of nitrogens with one attached hydrogen (secondary N) is 1. The Labute approximate surface area is 185 Å². The maximum Gasteiger partial charge on any atom is 0.341 e. The first-order valence-electron chi connectivity index (χ1n) is 10.1. The SMILES string of the molecule is COC(=O)c1c(NC(=O)/C=C/c2cccc([N+](=O)[O-])c2)sc2c1CC[C@@H](C(C)(C)C)C2. The van der Waals surface area contributed by atoms with Crippen molar-refractivity contribution >= 4 is 40.0 Å². The topological polar surface area (TPSA) is 98.5 Å². The summed E-state index contributed by atoms with van der Waals surface area (Å²) in [6.45, 7) is 6.66. The smallest absolute Gasteiger partial charge is 0.341 e. The van der Waals surface area contributed by atoms with E-state index >= 15 is 0 Å². The molecular formula is C23H26N2O5S. The summed E-state index contributed by atoms with van der Waals surface area (Å²) in [6.07, 6.45) is 5.43. The van der Waals surface area contributed by atoms with Crippen molar-refractivity contribution in [2.24, 2.45) is 11.3 Å². The van der Waals surface area contributed by atoms with Crippen LogP contribution in [0.4, 0.5) is 10.7 Å². The van der Waals surface area contributed by atoms with E-state index in [0.717, 1.165) is 29.7 Å². The number of nitro groups is 1. The maximum atomic E-state index is 12.5. The fourth-order valence-electron chi connectivity index (χ4n) is 3.80. The summed E-state index contributed by atoms with van der Waals surface area (Å²) in [6, 6.07) is 6.01. The molecule has 164 valence electrons. The third-order valence-electron chi connectivity index (χ3n) is 5.62. The Morgan fingerprint density at radius 3 is 2.71 bits per heavy atom. The molecule has 3 rings (SSSR count). The van der Waals surface area contributed by atoms with Crippen molar-refractivity contribution in [1.82, 2.24) is 0 Å². The van der Waals surface area contributed by atoms with E-state index in [-0.39, 0.29) is 11.1 Å². The summed E-state index contributed by atoms with van der Waals surface area (Å²) in [7, 11) is 1.33. The van der Waals surface area contributed by atoms with Crippen LogP contribution in [0.25, 0.3) is 6.08 Å². The minimum absolute atomic E-state index is 0.0464. The lowest BCUT2D eigenvalue weighted by Crippen LogP contribution is -2.26. The second-order valence-corrected chi connectivity index (χ2v) is 9.79. The number of benzene rings is 1. The van der Waals surface area contributed by atoms with E-state index in [1.165, 1.54) is 42.7 Å². The van der Waals surface area contributed by atoms with Crippen molar-refractivity contribution in [3.05, 3.63) is 62.0 Å². The fourth-order valence-corrected chi connectivity index (χ4v) is 5.12. The number of ether oxygens (including phenoxy) is 1. The van der Waals surface area contributed by atoms with Crippen LogP contribution in [0, 0.1) is 21.4 Å². The number of fused-ring (bicyclic) bond motifs is 1. The van der Waals surface area contributed by atoms with Crippen LogP contribution in [0.5, 0.6) is 0 Å². The Morgan fingerprint density at radius 1 is 1.32 bits per heavy atom. The number of hydrogen-bond donors (Lipinski definition) is 1. The highest BCUT2D eigenvalue weighted by molar-refractivity contribution is 7.17. The monoisotopic (exact) mass is 442 g/mol. The number of nitro benzene ring substituents is 1. The summed E-state index contributed by atoms with van der Waals surface area (Å²) >= 11 is 1.43. The second-order valence-electron chi connectivity index (χ2n) is 8.68. The first kappa shape index (κ1) is 22.7. The van der Waals surface area contributed by atoms with Crippen LogP contribution in [0.1, 0.15) is 53.6 Å². The van der Waals surface area contributed by atoms with E-state index in [1.807, 2.05) is 0 Å². The molecule has 0 saturated heterocycles. The molecule has 0 bridgehead atoms. The zero-order chi connectivity index (χ0) is 22.8. The van der Waals surface area contributed by atoms with Crippen LogP contribution in [-0.4, -0.2) is 23.9 Å². The summed E-state index contributed by atoms with van der Waals surface area (Å²) in [5.41, 5.74) is 2.06. The number of rotatable bonds is 5. The standard InChI is InChI=1S/C23H26N2O5S/c1-23(2,3)15-9-10-17-18(13-15)31-21(20(17)22(27)30-4)24-19(26)11-8-14-6-5-7-16(12-14)25(28)29/h5-8,11-12,15H,9-10,13H2,1-4H3,(H,24,26)/b11-8+/t15-/m1/s1. The molecule has 0 aliphatic heterocycles. The zero-order valence-corrected chi connectivity index (χ0v) is 18.9. The molecule has 0 fully saturated rings. The molecule has 0 saturated carbocycles. The van der Waals surface area contributed by atoms with Gasteiger partial charge in [-0.15, -0.1) is 11.3 Å². The predicted molar refractivity (Wildman–Crippen MR) is 121 cm³/mol. The molecule has 1 aliphatic carbocycles. The van der Waals surface area contributed by atoms with Gasteiger partial charge in [0.1, 0.15) is 5.00 Å². The van der Waals surface area contributed by atoms with Crippen LogP contribution in [0.3, 0.4) is 0 Å². The van der Waals surface area contributed by atoms with Gasteiger partial charge in [-0.25, -0.2) is 4.79 Å². The van der Waals surface area contributed by atoms with Crippen molar-refractivity contribution in [3.8, 4) is 0 Å². The summed E-state index contributed by atoms with van der Waals surface area (Å²) in [5, 5.41) is 14.2. The lowest BCUT2D eigenvalue weighted by molar-refractivity contribution is -0.384. The van der Waals surface area contributed by atoms with Crippen LogP contribution in [0.2, 0.25) is 0 Å². The molecule has 7 nitrogen and oxygen atoms in total. The lowest BCUT2D eigenvalue weighted by atomic mass is 9.72. The van der Waals surface area contributed by atoms with Crippen molar-refractivity contribution in [2.45, 2.75) is 40.0 Å². The van der Waals surface area contributed by atoms with Crippen molar-refractivity contribution in [1.29, 1.82) is 0 Å². The molecule has 2 aromatic rings. The highest BCUT2D eigenvalue weighted by Gasteiger charge is 2.34. The predicted octanol–water partition coefficient (Wildman–Crippen LogP) is 5.25. The highest BCUT2D eigenvalue weighted by atomic mass is 32.1.